The van der Waals surface area contributed by atoms with Crippen molar-refractivity contribution < 1.29 is 14.7 Å². The lowest BCUT2D eigenvalue weighted by Crippen LogP contribution is -2.53. The Hall–Kier alpha value is -3.78. The molecule has 1 atom stereocenters. The average molecular weight is 571 g/mol. The minimum atomic E-state index is -0.936. The fourth-order valence-electron chi connectivity index (χ4n) is 5.83. The van der Waals surface area contributed by atoms with Crippen LogP contribution in [0.3, 0.4) is 0 Å². The van der Waals surface area contributed by atoms with Crippen LogP contribution in [0.25, 0.3) is 27.8 Å². The lowest BCUT2D eigenvalue weighted by Gasteiger charge is -2.46. The maximum absolute atomic E-state index is 12.7. The Balaban J connectivity index is 1.26. The van der Waals surface area contributed by atoms with E-state index in [0.717, 1.165) is 71.2 Å². The molecule has 1 unspecified atom stereocenters. The van der Waals surface area contributed by atoms with E-state index in [-0.39, 0.29) is 5.78 Å². The predicted molar refractivity (Wildman–Crippen MR) is 149 cm³/mol. The summed E-state index contributed by atoms with van der Waals surface area (Å²) in [4.78, 5) is 33.8. The third kappa shape index (κ3) is 4.13. The maximum Gasteiger partial charge on any atom is 0.326 e. The number of rotatable bonds is 7. The van der Waals surface area contributed by atoms with E-state index in [0.29, 0.717) is 10.9 Å². The van der Waals surface area contributed by atoms with Crippen LogP contribution in [0, 0.1) is 5.41 Å². The Morgan fingerprint density at radius 1 is 1.08 bits per heavy atom. The molecule has 1 aromatic carbocycles. The molecule has 0 bridgehead atoms. The predicted octanol–water partition coefficient (Wildman–Crippen LogP) is 5.81. The number of aliphatic carboxylic acids is 1. The molecule has 2 N–H and O–H groups in total. The molecule has 3 aromatic heterocycles. The number of hydrogen-bond donors (Lipinski definition) is 2. The lowest BCUT2D eigenvalue weighted by atomic mass is 9.62. The van der Waals surface area contributed by atoms with Gasteiger partial charge >= 0.3 is 5.97 Å². The number of ketones is 1. The second-order valence-electron chi connectivity index (χ2n) is 10.1. The van der Waals surface area contributed by atoms with E-state index in [2.05, 4.69) is 43.5 Å². The van der Waals surface area contributed by atoms with Crippen LogP contribution >= 0.6 is 15.9 Å². The monoisotopic (exact) mass is 570 g/mol. The van der Waals surface area contributed by atoms with Gasteiger partial charge in [-0.25, -0.2) is 9.78 Å². The minimum Gasteiger partial charge on any atom is -0.480 e. The van der Waals surface area contributed by atoms with Gasteiger partial charge in [-0.2, -0.15) is 0 Å². The van der Waals surface area contributed by atoms with Crippen LogP contribution in [0.1, 0.15) is 37.7 Å². The van der Waals surface area contributed by atoms with Crippen LogP contribution in [0.15, 0.2) is 83.5 Å². The molecule has 2 aliphatic carbocycles. The third-order valence-electron chi connectivity index (χ3n) is 7.85. The van der Waals surface area contributed by atoms with Crippen molar-refractivity contribution in [1.82, 2.24) is 19.9 Å². The topological polar surface area (TPSA) is 97.1 Å². The van der Waals surface area contributed by atoms with E-state index in [4.69, 9.17) is 0 Å². The summed E-state index contributed by atoms with van der Waals surface area (Å²) in [6, 6.07) is 15.0. The molecular weight excluding hydrogens is 544 g/mol. The van der Waals surface area contributed by atoms with Gasteiger partial charge in [-0.15, -0.1) is 0 Å². The number of pyridine rings is 2. The summed E-state index contributed by atoms with van der Waals surface area (Å²) in [6.07, 6.45) is 12.4. The third-order valence-corrected chi connectivity index (χ3v) is 8.60. The minimum absolute atomic E-state index is 0.103. The molecule has 8 heteroatoms. The number of nitrogens with one attached hydrogen (secondary N) is 1. The number of carbonyl (C=O) groups is 2. The van der Waals surface area contributed by atoms with Crippen molar-refractivity contribution in [2.24, 2.45) is 5.41 Å². The molecule has 0 radical (unpaired) electrons. The van der Waals surface area contributed by atoms with Gasteiger partial charge in [0.15, 0.2) is 5.78 Å². The highest BCUT2D eigenvalue weighted by molar-refractivity contribution is 9.12. The first-order valence-electron chi connectivity index (χ1n) is 12.9. The SMILES string of the molecule is O=C(O)C(Cc1ccc(-n2cc(-c3cccnc3)c3cccnc32)cc1)NC1=C(Br)C(=O)C12CCCCC2. The van der Waals surface area contributed by atoms with Crippen molar-refractivity contribution in [1.29, 1.82) is 0 Å². The number of hydrogen-bond acceptors (Lipinski definition) is 5. The molecule has 2 aliphatic rings. The Morgan fingerprint density at radius 3 is 2.55 bits per heavy atom. The van der Waals surface area contributed by atoms with Gasteiger partial charge < -0.3 is 15.0 Å². The highest BCUT2D eigenvalue weighted by Gasteiger charge is 2.53. The molecule has 0 amide bonds. The van der Waals surface area contributed by atoms with Crippen LogP contribution in [-0.2, 0) is 16.0 Å². The van der Waals surface area contributed by atoms with Crippen LogP contribution in [0.4, 0.5) is 0 Å². The first-order chi connectivity index (χ1) is 18.5. The molecule has 1 fully saturated rings. The first-order valence-corrected chi connectivity index (χ1v) is 13.7. The molecule has 6 rings (SSSR count). The van der Waals surface area contributed by atoms with Crippen molar-refractivity contribution in [3.8, 4) is 16.8 Å². The highest BCUT2D eigenvalue weighted by Crippen LogP contribution is 2.53. The standard InChI is InChI=1S/C30H27BrN4O3/c31-25-26(30(27(25)36)12-2-1-3-13-30)34-24(29(37)38)16-19-8-10-21(11-9-19)35-18-23(20-6-4-14-32-17-20)22-7-5-15-33-28(22)35/h4-11,14-15,17-18,24,34H,1-3,12-13,16H2,(H,37,38). The van der Waals surface area contributed by atoms with Gasteiger partial charge in [0.05, 0.1) is 9.90 Å². The van der Waals surface area contributed by atoms with Crippen LogP contribution in [0.5, 0.6) is 0 Å². The number of benzene rings is 1. The summed E-state index contributed by atoms with van der Waals surface area (Å²) in [5, 5.41) is 14.3. The second-order valence-corrected chi connectivity index (χ2v) is 10.9. The van der Waals surface area contributed by atoms with Crippen molar-refractivity contribution in [3.05, 3.63) is 89.1 Å². The number of allylic oxidation sites excluding steroid dienone is 2. The number of fused-ring (bicyclic) bond motifs is 1. The molecule has 0 saturated heterocycles. The molecule has 1 saturated carbocycles. The quantitative estimate of drug-likeness (QED) is 0.291. The first kappa shape index (κ1) is 24.6. The number of aromatic nitrogens is 3. The molecule has 192 valence electrons. The highest BCUT2D eigenvalue weighted by atomic mass is 79.9. The summed E-state index contributed by atoms with van der Waals surface area (Å²) >= 11 is 3.40. The lowest BCUT2D eigenvalue weighted by molar-refractivity contribution is -0.140. The zero-order valence-electron chi connectivity index (χ0n) is 20.7. The molecule has 1 spiro atoms. The summed E-state index contributed by atoms with van der Waals surface area (Å²) < 4.78 is 2.54. The zero-order chi connectivity index (χ0) is 26.3. The fraction of sp³-hybridized carbons (Fsp3) is 0.267. The van der Waals surface area contributed by atoms with Gasteiger partial charge in [-0.1, -0.05) is 37.5 Å². The van der Waals surface area contributed by atoms with Gasteiger partial charge in [-0.05, 0) is 64.7 Å². The van der Waals surface area contributed by atoms with Gasteiger partial charge in [0.25, 0.3) is 0 Å². The van der Waals surface area contributed by atoms with E-state index in [1.54, 1.807) is 12.4 Å². The van der Waals surface area contributed by atoms with E-state index < -0.39 is 17.4 Å². The number of halogens is 1. The number of nitrogens with zero attached hydrogens (tertiary/aromatic N) is 3. The maximum atomic E-state index is 12.7. The number of carbonyl (C=O) groups excluding carboxylic acids is 1. The van der Waals surface area contributed by atoms with Gasteiger partial charge in [0.1, 0.15) is 11.7 Å². The van der Waals surface area contributed by atoms with Gasteiger partial charge in [0, 0.05) is 59.1 Å². The van der Waals surface area contributed by atoms with Crippen LogP contribution < -0.4 is 5.32 Å². The number of carboxylic acids is 1. The second kappa shape index (κ2) is 9.83. The summed E-state index contributed by atoms with van der Waals surface area (Å²) in [5.74, 6) is -0.833. The Morgan fingerprint density at radius 2 is 1.84 bits per heavy atom. The summed E-state index contributed by atoms with van der Waals surface area (Å²) in [7, 11) is 0. The molecular formula is C30H27BrN4O3. The Kier molecular flexibility index (Phi) is 6.35. The normalized spacial score (nSPS) is 17.4. The van der Waals surface area contributed by atoms with Crippen molar-refractivity contribution in [3.63, 3.8) is 0 Å². The summed E-state index contributed by atoms with van der Waals surface area (Å²) in [6.45, 7) is 0. The number of carboxylic acid groups (broad SMARTS) is 1. The average Bonchev–Trinajstić information content (AvgIpc) is 3.35. The molecule has 7 nitrogen and oxygen atoms in total. The smallest absolute Gasteiger partial charge is 0.326 e. The van der Waals surface area contributed by atoms with E-state index >= 15 is 0 Å². The summed E-state index contributed by atoms with van der Waals surface area (Å²) in [5.41, 5.74) is 4.96. The van der Waals surface area contributed by atoms with Gasteiger partial charge in [0.2, 0.25) is 0 Å². The van der Waals surface area contributed by atoms with Crippen LogP contribution in [-0.4, -0.2) is 37.4 Å². The largest absolute Gasteiger partial charge is 0.480 e. The van der Waals surface area contributed by atoms with Gasteiger partial charge in [-0.3, -0.25) is 9.78 Å². The van der Waals surface area contributed by atoms with Crippen LogP contribution in [0.2, 0.25) is 0 Å². The van der Waals surface area contributed by atoms with E-state index in [1.807, 2.05) is 53.2 Å². The molecule has 0 aliphatic heterocycles. The Bertz CT molecular complexity index is 1550. The molecule has 38 heavy (non-hydrogen) atoms. The van der Waals surface area contributed by atoms with Crippen molar-refractivity contribution >= 4 is 38.7 Å². The van der Waals surface area contributed by atoms with E-state index in [1.165, 1.54) is 0 Å². The molecule has 3 heterocycles. The number of Topliss-reactive ketones (excluding diaryl/α,β-unsaturated/α-hetero) is 1. The fourth-order valence-corrected chi connectivity index (χ4v) is 6.70. The van der Waals surface area contributed by atoms with E-state index in [9.17, 15) is 14.7 Å². The Labute approximate surface area is 228 Å². The van der Waals surface area contributed by atoms with Crippen molar-refractivity contribution in [2.45, 2.75) is 44.6 Å². The zero-order valence-corrected chi connectivity index (χ0v) is 22.3. The van der Waals surface area contributed by atoms with Crippen molar-refractivity contribution in [2.75, 3.05) is 0 Å². The molecule has 4 aromatic rings.